The van der Waals surface area contributed by atoms with Gasteiger partial charge in [-0.05, 0) is 50.5 Å². The van der Waals surface area contributed by atoms with E-state index in [0.29, 0.717) is 24.3 Å². The predicted molar refractivity (Wildman–Crippen MR) is 130 cm³/mol. The van der Waals surface area contributed by atoms with Crippen molar-refractivity contribution in [3.8, 4) is 17.1 Å². The van der Waals surface area contributed by atoms with Crippen LogP contribution in [0, 0.1) is 6.92 Å². The number of rotatable bonds is 9. The van der Waals surface area contributed by atoms with Crippen LogP contribution in [0.25, 0.3) is 11.4 Å². The van der Waals surface area contributed by atoms with Gasteiger partial charge in [-0.2, -0.15) is 0 Å². The van der Waals surface area contributed by atoms with Crippen LogP contribution in [0.5, 0.6) is 5.75 Å². The molecule has 0 aliphatic carbocycles. The summed E-state index contributed by atoms with van der Waals surface area (Å²) in [6.45, 7) is 5.74. The third kappa shape index (κ3) is 5.31. The van der Waals surface area contributed by atoms with E-state index in [1.165, 1.54) is 11.3 Å². The highest BCUT2D eigenvalue weighted by Gasteiger charge is 2.23. The molecular weight excluding hydrogens is 454 g/mol. The Hall–Kier alpha value is -3.17. The Labute approximate surface area is 202 Å². The molecule has 3 heterocycles. The molecule has 9 heteroatoms. The van der Waals surface area contributed by atoms with Crippen molar-refractivity contribution in [2.24, 2.45) is 0 Å². The average Bonchev–Trinajstić information content (AvgIpc) is 3.60. The number of ether oxygens (including phenoxy) is 3. The molecule has 1 aliphatic rings. The Morgan fingerprint density at radius 2 is 2.09 bits per heavy atom. The number of methoxy groups -OCH3 is 1. The molecule has 8 nitrogen and oxygen atoms in total. The first-order chi connectivity index (χ1) is 16.5. The average molecular weight is 484 g/mol. The second-order valence-corrected chi connectivity index (χ2v) is 8.92. The van der Waals surface area contributed by atoms with E-state index in [4.69, 9.17) is 14.2 Å². The second kappa shape index (κ2) is 10.8. The van der Waals surface area contributed by atoms with E-state index in [9.17, 15) is 9.59 Å². The van der Waals surface area contributed by atoms with Crippen molar-refractivity contribution < 1.29 is 23.8 Å². The third-order valence-corrected chi connectivity index (χ3v) is 6.66. The number of hydrogen-bond acceptors (Lipinski definition) is 7. The molecule has 0 radical (unpaired) electrons. The van der Waals surface area contributed by atoms with Gasteiger partial charge >= 0.3 is 5.97 Å². The van der Waals surface area contributed by atoms with Crippen LogP contribution in [-0.4, -0.2) is 54.4 Å². The maximum absolute atomic E-state index is 13.1. The fraction of sp³-hybridized carbons (Fsp3) is 0.400. The minimum Gasteiger partial charge on any atom is -0.497 e. The normalized spacial score (nSPS) is 15.3. The Bertz CT molecular complexity index is 1150. The summed E-state index contributed by atoms with van der Waals surface area (Å²) in [6.07, 6.45) is 2.04. The van der Waals surface area contributed by atoms with Crippen LogP contribution < -0.4 is 10.1 Å². The maximum atomic E-state index is 13.1. The Kier molecular flexibility index (Phi) is 7.64. The number of carbonyl (C=O) groups is 2. The Morgan fingerprint density at radius 3 is 2.76 bits per heavy atom. The standard InChI is InChI=1S/C25H29N3O5S/c1-4-32-25(30)24-27-21(15-34-24)22-12-20(23(29)26-13-19-6-5-11-33-19)16(2)28(22)14-17-7-9-18(31-3)10-8-17/h7-10,12,15,19H,4-6,11,13-14H2,1-3H3,(H,26,29). The molecule has 34 heavy (non-hydrogen) atoms. The third-order valence-electron chi connectivity index (χ3n) is 5.84. The van der Waals surface area contributed by atoms with Gasteiger partial charge in [0.25, 0.3) is 5.91 Å². The van der Waals surface area contributed by atoms with Crippen molar-refractivity contribution in [3.63, 3.8) is 0 Å². The number of nitrogens with one attached hydrogen (secondary N) is 1. The highest BCUT2D eigenvalue weighted by Crippen LogP contribution is 2.29. The number of benzene rings is 1. The molecule has 2 aromatic heterocycles. The first-order valence-corrected chi connectivity index (χ1v) is 12.2. The summed E-state index contributed by atoms with van der Waals surface area (Å²) in [4.78, 5) is 29.7. The van der Waals surface area contributed by atoms with Crippen molar-refractivity contribution in [1.82, 2.24) is 14.9 Å². The van der Waals surface area contributed by atoms with E-state index < -0.39 is 5.97 Å². The quantitative estimate of drug-likeness (QED) is 0.462. The molecule has 1 N–H and O–H groups in total. The van der Waals surface area contributed by atoms with Gasteiger partial charge in [0.15, 0.2) is 0 Å². The van der Waals surface area contributed by atoms with Crippen LogP contribution in [0.1, 0.15) is 51.2 Å². The van der Waals surface area contributed by atoms with Crippen molar-refractivity contribution in [2.75, 3.05) is 26.9 Å². The molecule has 0 saturated carbocycles. The van der Waals surface area contributed by atoms with Gasteiger partial charge in [0.2, 0.25) is 5.01 Å². The van der Waals surface area contributed by atoms with E-state index in [1.807, 2.05) is 47.2 Å². The van der Waals surface area contributed by atoms with Gasteiger partial charge in [-0.15, -0.1) is 11.3 Å². The monoisotopic (exact) mass is 483 g/mol. The van der Waals surface area contributed by atoms with Crippen molar-refractivity contribution in [2.45, 2.75) is 39.3 Å². The van der Waals surface area contributed by atoms with Gasteiger partial charge < -0.3 is 24.1 Å². The summed E-state index contributed by atoms with van der Waals surface area (Å²) < 4.78 is 18.0. The fourth-order valence-corrected chi connectivity index (χ4v) is 4.69. The molecule has 0 spiro atoms. The number of esters is 1. The molecule has 180 valence electrons. The highest BCUT2D eigenvalue weighted by atomic mass is 32.1. The number of amides is 1. The fourth-order valence-electron chi connectivity index (χ4n) is 3.99. The molecule has 3 aromatic rings. The van der Waals surface area contributed by atoms with Crippen LogP contribution in [0.15, 0.2) is 35.7 Å². The Morgan fingerprint density at radius 1 is 1.29 bits per heavy atom. The van der Waals surface area contributed by atoms with Gasteiger partial charge in [0.05, 0.1) is 36.8 Å². The summed E-state index contributed by atoms with van der Waals surface area (Å²) in [6, 6.07) is 9.64. The van der Waals surface area contributed by atoms with Crippen molar-refractivity contribution in [1.29, 1.82) is 0 Å². The van der Waals surface area contributed by atoms with E-state index in [2.05, 4.69) is 10.3 Å². The summed E-state index contributed by atoms with van der Waals surface area (Å²) in [5, 5.41) is 5.11. The smallest absolute Gasteiger partial charge is 0.367 e. The van der Waals surface area contributed by atoms with Crippen LogP contribution >= 0.6 is 11.3 Å². The lowest BCUT2D eigenvalue weighted by Crippen LogP contribution is -2.32. The van der Waals surface area contributed by atoms with Gasteiger partial charge in [0, 0.05) is 30.8 Å². The number of carbonyl (C=O) groups excluding carboxylic acids is 2. The molecule has 1 saturated heterocycles. The molecule has 1 fully saturated rings. The van der Waals surface area contributed by atoms with E-state index in [1.54, 1.807) is 14.0 Å². The van der Waals surface area contributed by atoms with Gasteiger partial charge in [-0.1, -0.05) is 12.1 Å². The van der Waals surface area contributed by atoms with Gasteiger partial charge in [-0.25, -0.2) is 9.78 Å². The minimum atomic E-state index is -0.446. The van der Waals surface area contributed by atoms with E-state index in [0.717, 1.165) is 42.1 Å². The van der Waals surface area contributed by atoms with Crippen LogP contribution in [0.4, 0.5) is 0 Å². The number of aromatic nitrogens is 2. The first kappa shape index (κ1) is 24.0. The van der Waals surface area contributed by atoms with E-state index in [-0.39, 0.29) is 23.6 Å². The predicted octanol–water partition coefficient (Wildman–Crippen LogP) is 4.06. The molecule has 4 rings (SSSR count). The second-order valence-electron chi connectivity index (χ2n) is 8.07. The summed E-state index contributed by atoms with van der Waals surface area (Å²) in [7, 11) is 1.63. The van der Waals surface area contributed by atoms with E-state index >= 15 is 0 Å². The van der Waals surface area contributed by atoms with Crippen LogP contribution in [-0.2, 0) is 16.0 Å². The van der Waals surface area contributed by atoms with Crippen molar-refractivity contribution >= 4 is 23.2 Å². The molecule has 0 bridgehead atoms. The zero-order chi connectivity index (χ0) is 24.1. The lowest BCUT2D eigenvalue weighted by Gasteiger charge is -2.13. The molecule has 1 aromatic carbocycles. The van der Waals surface area contributed by atoms with Crippen LogP contribution in [0.3, 0.4) is 0 Å². The number of thiazole rings is 1. The number of nitrogens with zero attached hydrogens (tertiary/aromatic N) is 2. The maximum Gasteiger partial charge on any atom is 0.367 e. The minimum absolute atomic E-state index is 0.0655. The summed E-state index contributed by atoms with van der Waals surface area (Å²) >= 11 is 1.23. The topological polar surface area (TPSA) is 91.7 Å². The first-order valence-electron chi connectivity index (χ1n) is 11.4. The Balaban J connectivity index is 1.65. The highest BCUT2D eigenvalue weighted by molar-refractivity contribution is 7.11. The molecule has 1 unspecified atom stereocenters. The zero-order valence-corrected chi connectivity index (χ0v) is 20.4. The molecular formula is C25H29N3O5S. The lowest BCUT2D eigenvalue weighted by atomic mass is 10.2. The van der Waals surface area contributed by atoms with Gasteiger partial charge in [0.1, 0.15) is 5.75 Å². The number of hydrogen-bond donors (Lipinski definition) is 1. The largest absolute Gasteiger partial charge is 0.497 e. The van der Waals surface area contributed by atoms with Crippen molar-refractivity contribution in [3.05, 3.63) is 57.5 Å². The summed E-state index contributed by atoms with van der Waals surface area (Å²) in [5.74, 6) is 0.183. The van der Waals surface area contributed by atoms with Crippen LogP contribution in [0.2, 0.25) is 0 Å². The zero-order valence-electron chi connectivity index (χ0n) is 19.6. The molecule has 1 atom stereocenters. The van der Waals surface area contributed by atoms with Gasteiger partial charge in [-0.3, -0.25) is 4.79 Å². The SMILES string of the molecule is CCOC(=O)c1nc(-c2cc(C(=O)NCC3CCCO3)c(C)n2Cc2ccc(OC)cc2)cs1. The lowest BCUT2D eigenvalue weighted by molar-refractivity contribution is 0.0526. The molecule has 1 amide bonds. The molecule has 1 aliphatic heterocycles. The summed E-state index contributed by atoms with van der Waals surface area (Å²) in [5.41, 5.74) is 3.84.